The Morgan fingerprint density at radius 1 is 0.950 bits per heavy atom. The summed E-state index contributed by atoms with van der Waals surface area (Å²) in [5, 5.41) is 17.1. The first-order chi connectivity index (χ1) is 9.36. The van der Waals surface area contributed by atoms with E-state index in [1.165, 1.54) is 36.4 Å². The molecule has 8 heteroatoms. The normalized spacial score (nSPS) is 11.8. The van der Waals surface area contributed by atoms with E-state index in [0.29, 0.717) is 11.4 Å². The minimum atomic E-state index is -4.22. The molecular weight excluding hydrogens is 282 g/mol. The van der Waals surface area contributed by atoms with Crippen molar-refractivity contribution >= 4 is 27.2 Å². The predicted molar refractivity (Wildman–Crippen MR) is 73.0 cm³/mol. The third kappa shape index (κ3) is 3.31. The Hall–Kier alpha value is -2.45. The van der Waals surface area contributed by atoms with Crippen molar-refractivity contribution < 1.29 is 18.1 Å². The number of phenolic OH excluding ortho intramolecular Hbond substituents is 1. The lowest BCUT2D eigenvalue weighted by Crippen LogP contribution is -1.96. The van der Waals surface area contributed by atoms with E-state index in [-0.39, 0.29) is 16.3 Å². The molecule has 0 saturated carbocycles. The highest BCUT2D eigenvalue weighted by Gasteiger charge is 2.08. The van der Waals surface area contributed by atoms with Crippen LogP contribution in [0.4, 0.5) is 17.1 Å². The Morgan fingerprint density at radius 2 is 1.50 bits per heavy atom. The molecule has 0 spiro atoms. The monoisotopic (exact) mass is 293 g/mol. The third-order valence-electron chi connectivity index (χ3n) is 2.43. The van der Waals surface area contributed by atoms with E-state index in [2.05, 4.69) is 10.2 Å². The van der Waals surface area contributed by atoms with Gasteiger partial charge in [-0.25, -0.2) is 0 Å². The molecule has 0 bridgehead atoms. The molecule has 2 aromatic carbocycles. The van der Waals surface area contributed by atoms with Gasteiger partial charge in [-0.2, -0.15) is 18.6 Å². The van der Waals surface area contributed by atoms with Crippen molar-refractivity contribution in [3.8, 4) is 5.75 Å². The summed E-state index contributed by atoms with van der Waals surface area (Å²) in [6.07, 6.45) is 0. The van der Waals surface area contributed by atoms with Gasteiger partial charge in [-0.3, -0.25) is 4.55 Å². The van der Waals surface area contributed by atoms with Crippen LogP contribution >= 0.6 is 0 Å². The molecule has 0 heterocycles. The number of rotatable bonds is 3. The van der Waals surface area contributed by atoms with E-state index in [1.807, 2.05) is 0 Å². The molecule has 0 aromatic heterocycles. The van der Waals surface area contributed by atoms with E-state index in [0.717, 1.165) is 0 Å². The summed E-state index contributed by atoms with van der Waals surface area (Å²) in [6, 6.07) is 9.63. The fourth-order valence-electron chi connectivity index (χ4n) is 1.39. The third-order valence-corrected chi connectivity index (χ3v) is 3.30. The lowest BCUT2D eigenvalue weighted by Gasteiger charge is -1.99. The number of benzene rings is 2. The standard InChI is InChI=1S/C12H11N3O4S/c13-11-6-3-9(7-12(11)16)15-14-8-1-4-10(5-2-8)20(17,18)19/h1-7,16H,13H2,(H,17,18,19). The van der Waals surface area contributed by atoms with Gasteiger partial charge in [-0.15, -0.1) is 0 Å². The number of nitrogens with two attached hydrogens (primary N) is 1. The highest BCUT2D eigenvalue weighted by atomic mass is 32.2. The molecule has 0 atom stereocenters. The van der Waals surface area contributed by atoms with Gasteiger partial charge >= 0.3 is 0 Å². The average molecular weight is 293 g/mol. The van der Waals surface area contributed by atoms with Crippen LogP contribution in [0.2, 0.25) is 0 Å². The maximum atomic E-state index is 10.9. The topological polar surface area (TPSA) is 125 Å². The van der Waals surface area contributed by atoms with Gasteiger partial charge in [0.25, 0.3) is 10.1 Å². The zero-order valence-electron chi connectivity index (χ0n) is 10.1. The molecule has 0 saturated heterocycles. The van der Waals surface area contributed by atoms with Crippen LogP contribution in [0.15, 0.2) is 57.6 Å². The summed E-state index contributed by atoms with van der Waals surface area (Å²) in [4.78, 5) is -0.221. The van der Waals surface area contributed by atoms with Crippen LogP contribution in [0.3, 0.4) is 0 Å². The Kier molecular flexibility index (Phi) is 3.68. The maximum absolute atomic E-state index is 10.9. The lowest BCUT2D eigenvalue weighted by molar-refractivity contribution is 0.478. The molecular formula is C12H11N3O4S. The van der Waals surface area contributed by atoms with Crippen LogP contribution in [0.25, 0.3) is 0 Å². The van der Waals surface area contributed by atoms with Crippen LogP contribution in [-0.2, 0) is 10.1 Å². The molecule has 0 aliphatic heterocycles. The van der Waals surface area contributed by atoms with E-state index in [1.54, 1.807) is 6.07 Å². The van der Waals surface area contributed by atoms with E-state index >= 15 is 0 Å². The fourth-order valence-corrected chi connectivity index (χ4v) is 1.87. The Labute approximate surface area is 115 Å². The maximum Gasteiger partial charge on any atom is 0.294 e. The number of aromatic hydroxyl groups is 1. The second kappa shape index (κ2) is 5.27. The summed E-state index contributed by atoms with van der Waals surface area (Å²) < 4.78 is 30.5. The number of hydrogen-bond donors (Lipinski definition) is 3. The Bertz CT molecular complexity index is 755. The number of hydrogen-bond acceptors (Lipinski definition) is 6. The molecule has 0 fully saturated rings. The summed E-state index contributed by atoms with van der Waals surface area (Å²) in [5.41, 5.74) is 6.48. The summed E-state index contributed by atoms with van der Waals surface area (Å²) in [6.45, 7) is 0. The SMILES string of the molecule is Nc1ccc(N=Nc2ccc(S(=O)(=O)O)cc2)cc1O. The summed E-state index contributed by atoms with van der Waals surface area (Å²) in [7, 11) is -4.22. The molecule has 20 heavy (non-hydrogen) atoms. The minimum Gasteiger partial charge on any atom is -0.506 e. The van der Waals surface area contributed by atoms with Gasteiger partial charge in [0.1, 0.15) is 5.75 Å². The molecule has 0 unspecified atom stereocenters. The summed E-state index contributed by atoms with van der Waals surface area (Å²) >= 11 is 0. The van der Waals surface area contributed by atoms with E-state index in [9.17, 15) is 13.5 Å². The van der Waals surface area contributed by atoms with Gasteiger partial charge in [-0.1, -0.05) is 0 Å². The van der Waals surface area contributed by atoms with Gasteiger partial charge in [-0.05, 0) is 36.4 Å². The zero-order valence-corrected chi connectivity index (χ0v) is 10.9. The predicted octanol–water partition coefficient (Wildman–Crippen LogP) is 2.64. The first-order valence-electron chi connectivity index (χ1n) is 5.44. The smallest absolute Gasteiger partial charge is 0.294 e. The Morgan fingerprint density at radius 3 is 2.05 bits per heavy atom. The molecule has 7 nitrogen and oxygen atoms in total. The highest BCUT2D eigenvalue weighted by molar-refractivity contribution is 7.85. The number of phenols is 1. The van der Waals surface area contributed by atoms with Crippen molar-refractivity contribution in [1.82, 2.24) is 0 Å². The molecule has 2 rings (SSSR count). The van der Waals surface area contributed by atoms with Gasteiger partial charge in [0, 0.05) is 6.07 Å². The largest absolute Gasteiger partial charge is 0.506 e. The van der Waals surface area contributed by atoms with Crippen LogP contribution in [0.5, 0.6) is 5.75 Å². The number of anilines is 1. The van der Waals surface area contributed by atoms with Gasteiger partial charge in [0.2, 0.25) is 0 Å². The average Bonchev–Trinajstić information content (AvgIpc) is 2.40. The molecule has 104 valence electrons. The molecule has 2 aromatic rings. The van der Waals surface area contributed by atoms with E-state index in [4.69, 9.17) is 10.3 Å². The second-order valence-electron chi connectivity index (χ2n) is 3.91. The molecule has 0 amide bonds. The van der Waals surface area contributed by atoms with Crippen molar-refractivity contribution in [2.75, 3.05) is 5.73 Å². The number of azo groups is 1. The van der Waals surface area contributed by atoms with Crippen molar-refractivity contribution in [1.29, 1.82) is 0 Å². The molecule has 0 aliphatic rings. The first kappa shape index (κ1) is 14.0. The molecule has 0 radical (unpaired) electrons. The quantitative estimate of drug-likeness (QED) is 0.347. The number of nitrogen functional groups attached to an aromatic ring is 1. The zero-order chi connectivity index (χ0) is 14.8. The van der Waals surface area contributed by atoms with Crippen molar-refractivity contribution in [3.05, 3.63) is 42.5 Å². The Balaban J connectivity index is 2.21. The van der Waals surface area contributed by atoms with E-state index < -0.39 is 10.1 Å². The van der Waals surface area contributed by atoms with Crippen molar-refractivity contribution in [2.24, 2.45) is 10.2 Å². The van der Waals surface area contributed by atoms with Gasteiger partial charge in [0.15, 0.2) is 0 Å². The lowest BCUT2D eigenvalue weighted by atomic mass is 10.3. The van der Waals surface area contributed by atoms with Gasteiger partial charge in [0.05, 0.1) is 22.0 Å². The van der Waals surface area contributed by atoms with Crippen LogP contribution in [-0.4, -0.2) is 18.1 Å². The van der Waals surface area contributed by atoms with Crippen molar-refractivity contribution in [3.63, 3.8) is 0 Å². The highest BCUT2D eigenvalue weighted by Crippen LogP contribution is 2.27. The van der Waals surface area contributed by atoms with Crippen LogP contribution in [0, 0.1) is 0 Å². The fraction of sp³-hybridized carbons (Fsp3) is 0. The molecule has 4 N–H and O–H groups in total. The van der Waals surface area contributed by atoms with Crippen LogP contribution < -0.4 is 5.73 Å². The van der Waals surface area contributed by atoms with Gasteiger partial charge < -0.3 is 10.8 Å². The van der Waals surface area contributed by atoms with Crippen LogP contribution in [0.1, 0.15) is 0 Å². The summed E-state index contributed by atoms with van der Waals surface area (Å²) in [5.74, 6) is -0.0943. The van der Waals surface area contributed by atoms with Crippen molar-refractivity contribution in [2.45, 2.75) is 4.90 Å². The molecule has 0 aliphatic carbocycles. The number of nitrogens with zero attached hydrogens (tertiary/aromatic N) is 2. The minimum absolute atomic E-state index is 0.0943. The first-order valence-corrected chi connectivity index (χ1v) is 6.88. The second-order valence-corrected chi connectivity index (χ2v) is 5.33.